The molecule has 0 spiro atoms. The molecule has 4 heteroatoms. The van der Waals surface area contributed by atoms with Crippen LogP contribution in [0.15, 0.2) is 24.3 Å². The number of hydrogen-bond donors (Lipinski definition) is 2. The zero-order valence-corrected chi connectivity index (χ0v) is 11.1. The fraction of sp³-hybridized carbons (Fsp3) is 0.500. The Morgan fingerprint density at radius 3 is 2.39 bits per heavy atom. The van der Waals surface area contributed by atoms with Gasteiger partial charge in [0.1, 0.15) is 5.75 Å². The van der Waals surface area contributed by atoms with Crippen LogP contribution in [0.3, 0.4) is 0 Å². The number of nitrogens with one attached hydrogen (secondary N) is 1. The summed E-state index contributed by atoms with van der Waals surface area (Å²) in [5.41, 5.74) is 1.11. The van der Waals surface area contributed by atoms with Crippen molar-refractivity contribution in [3.05, 3.63) is 29.8 Å². The number of carboxylic acid groups (broad SMARTS) is 1. The van der Waals surface area contributed by atoms with Gasteiger partial charge in [-0.05, 0) is 31.5 Å². The molecule has 1 aromatic rings. The van der Waals surface area contributed by atoms with Gasteiger partial charge in [0, 0.05) is 13.1 Å². The van der Waals surface area contributed by atoms with Crippen LogP contribution in [-0.2, 0) is 11.3 Å². The maximum atomic E-state index is 10.6. The van der Waals surface area contributed by atoms with Gasteiger partial charge in [-0.25, -0.2) is 0 Å². The Morgan fingerprint density at radius 1 is 1.28 bits per heavy atom. The Hall–Kier alpha value is -1.55. The first kappa shape index (κ1) is 14.5. The quantitative estimate of drug-likeness (QED) is 0.780. The Morgan fingerprint density at radius 2 is 1.89 bits per heavy atom. The molecule has 1 aromatic carbocycles. The van der Waals surface area contributed by atoms with Crippen molar-refractivity contribution in [2.24, 2.45) is 5.92 Å². The molecule has 18 heavy (non-hydrogen) atoms. The smallest absolute Gasteiger partial charge is 0.307 e. The number of rotatable bonds is 7. The van der Waals surface area contributed by atoms with E-state index in [2.05, 4.69) is 5.32 Å². The highest BCUT2D eigenvalue weighted by molar-refractivity contribution is 5.69. The Bertz CT molecular complexity index is 373. The fourth-order valence-electron chi connectivity index (χ4n) is 1.48. The van der Waals surface area contributed by atoms with Crippen LogP contribution in [0.4, 0.5) is 0 Å². The predicted octanol–water partition coefficient (Wildman–Crippen LogP) is 2.28. The number of ether oxygens (including phenoxy) is 1. The van der Waals surface area contributed by atoms with Crippen LogP contribution in [0.2, 0.25) is 0 Å². The van der Waals surface area contributed by atoms with E-state index in [9.17, 15) is 4.79 Å². The third kappa shape index (κ3) is 5.19. The molecule has 100 valence electrons. The van der Waals surface area contributed by atoms with E-state index in [4.69, 9.17) is 9.84 Å². The second kappa shape index (κ2) is 7.01. The average Bonchev–Trinajstić information content (AvgIpc) is 2.30. The summed E-state index contributed by atoms with van der Waals surface area (Å²) in [7, 11) is 0. The molecule has 0 aliphatic heterocycles. The number of carboxylic acids is 1. The molecule has 0 saturated carbocycles. The Kier molecular flexibility index (Phi) is 5.65. The summed E-state index contributed by atoms with van der Waals surface area (Å²) < 4.78 is 5.55. The number of aliphatic carboxylic acids is 1. The normalized spacial score (nSPS) is 12.4. The van der Waals surface area contributed by atoms with Crippen molar-refractivity contribution >= 4 is 5.97 Å². The summed E-state index contributed by atoms with van der Waals surface area (Å²) in [5, 5.41) is 11.9. The molecule has 1 rings (SSSR count). The monoisotopic (exact) mass is 251 g/mol. The van der Waals surface area contributed by atoms with Gasteiger partial charge in [-0.2, -0.15) is 0 Å². The van der Waals surface area contributed by atoms with Crippen LogP contribution in [0.1, 0.15) is 26.3 Å². The molecule has 0 radical (unpaired) electrons. The lowest BCUT2D eigenvalue weighted by molar-refractivity contribution is -0.140. The van der Waals surface area contributed by atoms with Crippen molar-refractivity contribution in [1.82, 2.24) is 5.32 Å². The largest absolute Gasteiger partial charge is 0.491 e. The highest BCUT2D eigenvalue weighted by atomic mass is 16.5. The highest BCUT2D eigenvalue weighted by Crippen LogP contribution is 2.13. The topological polar surface area (TPSA) is 58.6 Å². The lowest BCUT2D eigenvalue weighted by atomic mass is 10.1. The maximum Gasteiger partial charge on any atom is 0.307 e. The van der Waals surface area contributed by atoms with Gasteiger partial charge in [-0.1, -0.05) is 19.1 Å². The summed E-state index contributed by atoms with van der Waals surface area (Å²) in [6.45, 7) is 6.81. The molecule has 1 atom stereocenters. The summed E-state index contributed by atoms with van der Waals surface area (Å²) in [4.78, 5) is 10.6. The molecule has 0 aromatic heterocycles. The summed E-state index contributed by atoms with van der Waals surface area (Å²) in [5.74, 6) is -0.288. The molecule has 0 aliphatic rings. The minimum absolute atomic E-state index is 0.172. The zero-order valence-electron chi connectivity index (χ0n) is 11.1. The van der Waals surface area contributed by atoms with Crippen LogP contribution >= 0.6 is 0 Å². The lowest BCUT2D eigenvalue weighted by Gasteiger charge is -2.11. The number of benzene rings is 1. The number of carbonyl (C=O) groups is 1. The molecule has 0 saturated heterocycles. The molecule has 0 bridgehead atoms. The van der Waals surface area contributed by atoms with Crippen molar-refractivity contribution in [1.29, 1.82) is 0 Å². The van der Waals surface area contributed by atoms with Crippen LogP contribution in [0.5, 0.6) is 5.75 Å². The van der Waals surface area contributed by atoms with Gasteiger partial charge in [0.05, 0.1) is 12.0 Å². The van der Waals surface area contributed by atoms with Gasteiger partial charge in [0.2, 0.25) is 0 Å². The second-order valence-corrected chi connectivity index (χ2v) is 4.68. The van der Waals surface area contributed by atoms with Crippen molar-refractivity contribution in [2.75, 3.05) is 6.54 Å². The van der Waals surface area contributed by atoms with Crippen LogP contribution in [-0.4, -0.2) is 23.7 Å². The van der Waals surface area contributed by atoms with Gasteiger partial charge < -0.3 is 15.2 Å². The van der Waals surface area contributed by atoms with E-state index in [1.165, 1.54) is 0 Å². The predicted molar refractivity (Wildman–Crippen MR) is 70.7 cm³/mol. The molecule has 0 amide bonds. The molecule has 4 nitrogen and oxygen atoms in total. The number of hydrogen-bond acceptors (Lipinski definition) is 3. The van der Waals surface area contributed by atoms with E-state index < -0.39 is 5.97 Å². The van der Waals surface area contributed by atoms with Crippen LogP contribution < -0.4 is 10.1 Å². The van der Waals surface area contributed by atoms with Crippen molar-refractivity contribution in [3.8, 4) is 5.75 Å². The molecule has 0 heterocycles. The maximum absolute atomic E-state index is 10.6. The van der Waals surface area contributed by atoms with E-state index >= 15 is 0 Å². The minimum Gasteiger partial charge on any atom is -0.491 e. The van der Waals surface area contributed by atoms with Crippen molar-refractivity contribution in [3.63, 3.8) is 0 Å². The van der Waals surface area contributed by atoms with Crippen molar-refractivity contribution < 1.29 is 14.6 Å². The fourth-order valence-corrected chi connectivity index (χ4v) is 1.48. The lowest BCUT2D eigenvalue weighted by Crippen LogP contribution is -2.25. The summed E-state index contributed by atoms with van der Waals surface area (Å²) in [6, 6.07) is 7.82. The Labute approximate surface area is 108 Å². The third-order valence-corrected chi connectivity index (χ3v) is 2.50. The van der Waals surface area contributed by atoms with E-state index in [1.54, 1.807) is 6.92 Å². The first-order valence-corrected chi connectivity index (χ1v) is 6.18. The first-order valence-electron chi connectivity index (χ1n) is 6.18. The van der Waals surface area contributed by atoms with Gasteiger partial charge in [-0.15, -0.1) is 0 Å². The van der Waals surface area contributed by atoms with E-state index in [0.717, 1.165) is 11.3 Å². The van der Waals surface area contributed by atoms with Crippen molar-refractivity contribution in [2.45, 2.75) is 33.4 Å². The van der Waals surface area contributed by atoms with Gasteiger partial charge >= 0.3 is 5.97 Å². The molecule has 0 fully saturated rings. The zero-order chi connectivity index (χ0) is 13.5. The molecular formula is C14H21NO3. The summed E-state index contributed by atoms with van der Waals surface area (Å²) >= 11 is 0. The van der Waals surface area contributed by atoms with Gasteiger partial charge in [-0.3, -0.25) is 4.79 Å². The van der Waals surface area contributed by atoms with E-state index in [0.29, 0.717) is 13.1 Å². The Balaban J connectivity index is 2.37. The molecule has 0 aliphatic carbocycles. The molecule has 2 N–H and O–H groups in total. The van der Waals surface area contributed by atoms with Crippen LogP contribution in [0.25, 0.3) is 0 Å². The standard InChI is InChI=1S/C14H21NO3/c1-10(2)18-13-6-4-12(5-7-13)9-15-8-11(3)14(16)17/h4-7,10-11,15H,8-9H2,1-3H3,(H,16,17). The van der Waals surface area contributed by atoms with Gasteiger partial charge in [0.15, 0.2) is 0 Å². The first-order chi connectivity index (χ1) is 8.49. The molecule has 1 unspecified atom stereocenters. The third-order valence-electron chi connectivity index (χ3n) is 2.50. The average molecular weight is 251 g/mol. The second-order valence-electron chi connectivity index (χ2n) is 4.68. The van der Waals surface area contributed by atoms with Gasteiger partial charge in [0.25, 0.3) is 0 Å². The SMILES string of the molecule is CC(C)Oc1ccc(CNCC(C)C(=O)O)cc1. The highest BCUT2D eigenvalue weighted by Gasteiger charge is 2.09. The molecular weight excluding hydrogens is 230 g/mol. The summed E-state index contributed by atoms with van der Waals surface area (Å²) in [6.07, 6.45) is 0.172. The van der Waals surface area contributed by atoms with E-state index in [-0.39, 0.29) is 12.0 Å². The van der Waals surface area contributed by atoms with E-state index in [1.807, 2.05) is 38.1 Å². The minimum atomic E-state index is -0.775. The van der Waals surface area contributed by atoms with Crippen LogP contribution in [0, 0.1) is 5.92 Å².